The Morgan fingerprint density at radius 2 is 1.77 bits per heavy atom. The van der Waals surface area contributed by atoms with Crippen LogP contribution in [0.1, 0.15) is 46.9 Å². The highest BCUT2D eigenvalue weighted by atomic mass is 19.1. The third-order valence-corrected chi connectivity index (χ3v) is 7.05. The summed E-state index contributed by atoms with van der Waals surface area (Å²) in [5.74, 6) is -0.762. The lowest BCUT2D eigenvalue weighted by atomic mass is 9.82. The molecule has 1 saturated carbocycles. The fraction of sp³-hybridized carbons (Fsp3) is 0.167. The molecule has 0 bridgehead atoms. The van der Waals surface area contributed by atoms with Gasteiger partial charge in [0.15, 0.2) is 0 Å². The SMILES string of the molecule is O=C(Nc1ccc(O)c(-c2cc(C3CCC3)n(C(=O)NCc3ccccc3F)n2)c1)c1cnc2ccccc2n1. The smallest absolute Gasteiger partial charge is 0.342 e. The van der Waals surface area contributed by atoms with Crippen molar-refractivity contribution in [1.29, 1.82) is 0 Å². The van der Waals surface area contributed by atoms with Crippen molar-refractivity contribution in [2.75, 3.05) is 5.32 Å². The molecule has 10 heteroatoms. The Morgan fingerprint density at radius 1 is 1.00 bits per heavy atom. The van der Waals surface area contributed by atoms with Gasteiger partial charge in [-0.3, -0.25) is 9.78 Å². The van der Waals surface area contributed by atoms with Gasteiger partial charge >= 0.3 is 6.03 Å². The van der Waals surface area contributed by atoms with E-state index in [1.807, 2.05) is 18.2 Å². The minimum atomic E-state index is -0.491. The molecule has 2 amide bonds. The first kappa shape index (κ1) is 25.2. The maximum atomic E-state index is 14.1. The fourth-order valence-electron chi connectivity index (χ4n) is 4.65. The number of rotatable bonds is 6. The predicted molar refractivity (Wildman–Crippen MR) is 147 cm³/mol. The van der Waals surface area contributed by atoms with E-state index >= 15 is 0 Å². The van der Waals surface area contributed by atoms with Crippen LogP contribution in [0.25, 0.3) is 22.3 Å². The van der Waals surface area contributed by atoms with Crippen molar-refractivity contribution < 1.29 is 19.1 Å². The molecule has 0 spiro atoms. The van der Waals surface area contributed by atoms with Crippen LogP contribution in [0.4, 0.5) is 14.9 Å². The van der Waals surface area contributed by atoms with Gasteiger partial charge in [-0.05, 0) is 55.3 Å². The summed E-state index contributed by atoms with van der Waals surface area (Å²) in [6.45, 7) is 0.00916. The summed E-state index contributed by atoms with van der Waals surface area (Å²) in [5.41, 5.74) is 3.65. The van der Waals surface area contributed by atoms with Gasteiger partial charge in [-0.25, -0.2) is 14.2 Å². The number of nitrogens with one attached hydrogen (secondary N) is 2. The number of phenols is 1. The van der Waals surface area contributed by atoms with Crippen LogP contribution in [0.15, 0.2) is 79.0 Å². The molecule has 9 nitrogen and oxygen atoms in total. The number of carbonyl (C=O) groups excluding carboxylic acids is 2. The van der Waals surface area contributed by atoms with Gasteiger partial charge < -0.3 is 15.7 Å². The zero-order chi connectivity index (χ0) is 27.6. The van der Waals surface area contributed by atoms with Gasteiger partial charge in [0, 0.05) is 29.3 Å². The minimum absolute atomic E-state index is 0.00916. The molecule has 0 unspecified atom stereocenters. The lowest BCUT2D eigenvalue weighted by molar-refractivity contribution is 0.102. The Morgan fingerprint density at radius 3 is 2.55 bits per heavy atom. The standard InChI is InChI=1S/C30H25FN6O3/c31-22-9-2-1-6-19(22)16-33-30(40)37-27(18-7-5-8-18)15-25(36-37)21-14-20(12-13-28(21)38)34-29(39)26-17-32-23-10-3-4-11-24(23)35-26/h1-4,6,9-15,17-18,38H,5,7-8,16H2,(H,33,40)(H,34,39). The molecule has 6 rings (SSSR count). The van der Waals surface area contributed by atoms with Crippen LogP contribution >= 0.6 is 0 Å². The number of anilines is 1. The molecule has 3 N–H and O–H groups in total. The number of hydrogen-bond donors (Lipinski definition) is 3. The molecule has 5 aromatic rings. The van der Waals surface area contributed by atoms with Crippen LogP contribution in [0, 0.1) is 5.82 Å². The lowest BCUT2D eigenvalue weighted by Crippen LogP contribution is -2.31. The highest BCUT2D eigenvalue weighted by Crippen LogP contribution is 2.39. The Labute approximate surface area is 228 Å². The molecule has 200 valence electrons. The normalized spacial score (nSPS) is 13.1. The third-order valence-electron chi connectivity index (χ3n) is 7.05. The van der Waals surface area contributed by atoms with E-state index in [1.54, 1.807) is 42.5 Å². The van der Waals surface area contributed by atoms with E-state index in [-0.39, 0.29) is 23.9 Å². The summed E-state index contributed by atoms with van der Waals surface area (Å²) in [7, 11) is 0. The molecular formula is C30H25FN6O3. The molecule has 1 fully saturated rings. The topological polar surface area (TPSA) is 122 Å². The Bertz CT molecular complexity index is 1750. The van der Waals surface area contributed by atoms with Crippen LogP contribution in [0.3, 0.4) is 0 Å². The summed E-state index contributed by atoms with van der Waals surface area (Å²) in [4.78, 5) is 34.7. The zero-order valence-corrected chi connectivity index (χ0v) is 21.3. The van der Waals surface area contributed by atoms with Crippen molar-refractivity contribution >= 4 is 28.7 Å². The van der Waals surface area contributed by atoms with E-state index in [4.69, 9.17) is 0 Å². The summed E-state index contributed by atoms with van der Waals surface area (Å²) in [6.07, 6.45) is 4.29. The lowest BCUT2D eigenvalue weighted by Gasteiger charge is -2.25. The molecule has 3 aromatic carbocycles. The molecule has 1 aliphatic carbocycles. The zero-order valence-electron chi connectivity index (χ0n) is 21.3. The summed E-state index contributed by atoms with van der Waals surface area (Å²) < 4.78 is 15.3. The Balaban J connectivity index is 1.26. The second-order valence-corrected chi connectivity index (χ2v) is 9.67. The number of nitrogens with zero attached hydrogens (tertiary/aromatic N) is 4. The van der Waals surface area contributed by atoms with E-state index in [0.717, 1.165) is 19.3 Å². The van der Waals surface area contributed by atoms with Gasteiger partial charge in [-0.1, -0.05) is 36.8 Å². The van der Waals surface area contributed by atoms with E-state index in [9.17, 15) is 19.1 Å². The van der Waals surface area contributed by atoms with Gasteiger partial charge in [0.25, 0.3) is 5.91 Å². The van der Waals surface area contributed by atoms with Crippen molar-refractivity contribution in [3.8, 4) is 17.0 Å². The Hall–Kier alpha value is -5.12. The van der Waals surface area contributed by atoms with E-state index in [0.29, 0.717) is 39.2 Å². The Kier molecular flexibility index (Phi) is 6.65. The number of para-hydroxylation sites is 2. The van der Waals surface area contributed by atoms with Crippen LogP contribution in [-0.2, 0) is 6.54 Å². The largest absolute Gasteiger partial charge is 0.507 e. The van der Waals surface area contributed by atoms with Crippen molar-refractivity contribution in [3.63, 3.8) is 0 Å². The minimum Gasteiger partial charge on any atom is -0.507 e. The average Bonchev–Trinajstić information content (AvgIpc) is 3.36. The van der Waals surface area contributed by atoms with E-state index in [2.05, 4.69) is 25.7 Å². The first-order valence-electron chi connectivity index (χ1n) is 12.9. The number of hydrogen-bond acceptors (Lipinski definition) is 6. The summed E-state index contributed by atoms with van der Waals surface area (Å²) in [6, 6.07) is 19.4. The van der Waals surface area contributed by atoms with Crippen LogP contribution in [0.5, 0.6) is 5.75 Å². The number of benzene rings is 3. The molecular weight excluding hydrogens is 511 g/mol. The van der Waals surface area contributed by atoms with Crippen LogP contribution in [-0.4, -0.2) is 36.8 Å². The number of amides is 2. The molecule has 0 aliphatic heterocycles. The van der Waals surface area contributed by atoms with Gasteiger partial charge in [0.05, 0.1) is 28.6 Å². The molecule has 2 aromatic heterocycles. The fourth-order valence-corrected chi connectivity index (χ4v) is 4.65. The summed E-state index contributed by atoms with van der Waals surface area (Å²) >= 11 is 0. The molecule has 2 heterocycles. The first-order chi connectivity index (χ1) is 19.5. The number of halogens is 1. The van der Waals surface area contributed by atoms with Crippen molar-refractivity contribution in [3.05, 3.63) is 102 Å². The van der Waals surface area contributed by atoms with Crippen LogP contribution < -0.4 is 10.6 Å². The first-order valence-corrected chi connectivity index (χ1v) is 12.9. The van der Waals surface area contributed by atoms with Gasteiger partial charge in [0.2, 0.25) is 0 Å². The highest BCUT2D eigenvalue weighted by molar-refractivity contribution is 6.04. The average molecular weight is 537 g/mol. The number of fused-ring (bicyclic) bond motifs is 1. The van der Waals surface area contributed by atoms with Gasteiger partial charge in [-0.15, -0.1) is 0 Å². The molecule has 1 aliphatic rings. The van der Waals surface area contributed by atoms with E-state index < -0.39 is 17.8 Å². The second-order valence-electron chi connectivity index (χ2n) is 9.67. The van der Waals surface area contributed by atoms with Gasteiger partial charge in [-0.2, -0.15) is 9.78 Å². The number of phenolic OH excluding ortho intramolecular Hbond substituents is 1. The van der Waals surface area contributed by atoms with Crippen molar-refractivity contribution in [1.82, 2.24) is 25.1 Å². The summed E-state index contributed by atoms with van der Waals surface area (Å²) in [5, 5.41) is 20.7. The quantitative estimate of drug-likeness (QED) is 0.242. The molecule has 0 radical (unpaired) electrons. The number of carbonyl (C=O) groups is 2. The predicted octanol–water partition coefficient (Wildman–Crippen LogP) is 5.62. The van der Waals surface area contributed by atoms with Crippen LogP contribution in [0.2, 0.25) is 0 Å². The number of aromatic nitrogens is 4. The van der Waals surface area contributed by atoms with Crippen molar-refractivity contribution in [2.45, 2.75) is 31.7 Å². The maximum Gasteiger partial charge on any atom is 0.342 e. The van der Waals surface area contributed by atoms with Gasteiger partial charge in [0.1, 0.15) is 17.3 Å². The monoisotopic (exact) mass is 536 g/mol. The molecule has 0 saturated heterocycles. The molecule has 0 atom stereocenters. The highest BCUT2D eigenvalue weighted by Gasteiger charge is 2.28. The molecule has 40 heavy (non-hydrogen) atoms. The van der Waals surface area contributed by atoms with Crippen molar-refractivity contribution in [2.24, 2.45) is 0 Å². The van der Waals surface area contributed by atoms with E-state index in [1.165, 1.54) is 23.0 Å². The second kappa shape index (κ2) is 10.6. The third kappa shape index (κ3) is 4.98. The maximum absolute atomic E-state index is 14.1. The number of aromatic hydroxyl groups is 1.